The van der Waals surface area contributed by atoms with Gasteiger partial charge in [-0.05, 0) is 38.8 Å². The Hall–Kier alpha value is -2.98. The number of nitro benzene ring substituents is 1. The van der Waals surface area contributed by atoms with E-state index in [1.807, 2.05) is 30.3 Å². The van der Waals surface area contributed by atoms with E-state index in [0.29, 0.717) is 6.42 Å². The molecule has 0 spiro atoms. The van der Waals surface area contributed by atoms with Crippen LogP contribution >= 0.6 is 0 Å². The predicted molar refractivity (Wildman–Crippen MR) is 116 cm³/mol. The lowest BCUT2D eigenvalue weighted by Crippen LogP contribution is -2.47. The van der Waals surface area contributed by atoms with E-state index >= 15 is 0 Å². The van der Waals surface area contributed by atoms with Gasteiger partial charge in [0.25, 0.3) is 5.69 Å². The van der Waals surface area contributed by atoms with Gasteiger partial charge in [-0.3, -0.25) is 10.1 Å². The molecule has 0 radical (unpaired) electrons. The van der Waals surface area contributed by atoms with Crippen molar-refractivity contribution in [1.29, 1.82) is 0 Å². The maximum Gasteiger partial charge on any atom is 0.407 e. The Labute approximate surface area is 182 Å². The summed E-state index contributed by atoms with van der Waals surface area (Å²) in [4.78, 5) is 22.5. The van der Waals surface area contributed by atoms with Crippen LogP contribution in [0.5, 0.6) is 0 Å². The lowest BCUT2D eigenvalue weighted by atomic mass is 10.1. The highest BCUT2D eigenvalue weighted by molar-refractivity contribution is 7.89. The Balaban J connectivity index is 2.28. The molecule has 0 saturated heterocycles. The number of hydrogen-bond donors (Lipinski definition) is 1. The number of amides is 1. The number of para-hydroxylation sites is 1. The van der Waals surface area contributed by atoms with Gasteiger partial charge in [-0.25, -0.2) is 13.2 Å². The molecule has 0 fully saturated rings. The lowest BCUT2D eigenvalue weighted by Gasteiger charge is -2.27. The van der Waals surface area contributed by atoms with Crippen LogP contribution in [-0.4, -0.2) is 49.0 Å². The normalized spacial score (nSPS) is 12.9. The van der Waals surface area contributed by atoms with Crippen LogP contribution in [0.3, 0.4) is 0 Å². The number of carbonyl (C=O) groups is 1. The van der Waals surface area contributed by atoms with Gasteiger partial charge in [0.05, 0.1) is 11.0 Å². The summed E-state index contributed by atoms with van der Waals surface area (Å²) in [5, 5.41) is 14.0. The molecule has 2 aromatic rings. The average Bonchev–Trinajstić information content (AvgIpc) is 2.67. The first-order valence-corrected chi connectivity index (χ1v) is 11.1. The molecule has 10 heteroatoms. The minimum absolute atomic E-state index is 0.109. The number of nitro groups is 1. The van der Waals surface area contributed by atoms with E-state index in [1.165, 1.54) is 25.2 Å². The molecule has 0 aliphatic rings. The molecular formula is C21H27N3O6S. The number of alkyl carbamates (subject to hydrolysis) is 1. The number of benzene rings is 2. The van der Waals surface area contributed by atoms with Crippen molar-refractivity contribution in [1.82, 2.24) is 9.62 Å². The van der Waals surface area contributed by atoms with E-state index in [-0.39, 0.29) is 6.54 Å². The number of hydrogen-bond acceptors (Lipinski definition) is 6. The summed E-state index contributed by atoms with van der Waals surface area (Å²) >= 11 is 0. The van der Waals surface area contributed by atoms with Crippen LogP contribution in [0.25, 0.3) is 0 Å². The highest BCUT2D eigenvalue weighted by atomic mass is 32.2. The van der Waals surface area contributed by atoms with Gasteiger partial charge in [0, 0.05) is 19.7 Å². The van der Waals surface area contributed by atoms with Crippen molar-refractivity contribution < 1.29 is 22.9 Å². The van der Waals surface area contributed by atoms with E-state index < -0.39 is 43.3 Å². The quantitative estimate of drug-likeness (QED) is 0.488. The maximum absolute atomic E-state index is 13.0. The minimum Gasteiger partial charge on any atom is -0.444 e. The minimum atomic E-state index is -4.17. The van der Waals surface area contributed by atoms with Crippen LogP contribution in [0.4, 0.5) is 10.5 Å². The van der Waals surface area contributed by atoms with Gasteiger partial charge < -0.3 is 10.1 Å². The molecule has 0 saturated carbocycles. The molecule has 0 aliphatic carbocycles. The van der Waals surface area contributed by atoms with E-state index in [9.17, 15) is 23.3 Å². The van der Waals surface area contributed by atoms with Crippen LogP contribution in [0.2, 0.25) is 0 Å². The number of nitrogens with one attached hydrogen (secondary N) is 1. The van der Waals surface area contributed by atoms with Gasteiger partial charge >= 0.3 is 6.09 Å². The molecule has 2 rings (SSSR count). The van der Waals surface area contributed by atoms with Crippen LogP contribution in [0.15, 0.2) is 59.5 Å². The van der Waals surface area contributed by atoms with Gasteiger partial charge in [-0.15, -0.1) is 0 Å². The Morgan fingerprint density at radius 3 is 2.29 bits per heavy atom. The van der Waals surface area contributed by atoms with Crippen molar-refractivity contribution in [2.45, 2.75) is 43.7 Å². The molecule has 1 amide bonds. The zero-order chi connectivity index (χ0) is 23.2. The SMILES string of the molecule is CN(CC(Cc1ccccc1)NC(=O)OC(C)(C)C)S(=O)(=O)c1ccccc1[N+](=O)[O-]. The van der Waals surface area contributed by atoms with Crippen molar-refractivity contribution in [2.24, 2.45) is 0 Å². The number of likely N-dealkylation sites (N-methyl/N-ethyl adjacent to an activating group) is 1. The van der Waals surface area contributed by atoms with Gasteiger partial charge in [-0.2, -0.15) is 4.31 Å². The Morgan fingerprint density at radius 2 is 1.71 bits per heavy atom. The average molecular weight is 450 g/mol. The first-order chi connectivity index (χ1) is 14.4. The third kappa shape index (κ3) is 7.04. The monoisotopic (exact) mass is 449 g/mol. The second kappa shape index (κ2) is 9.88. The number of rotatable bonds is 8. The Bertz CT molecular complexity index is 1020. The van der Waals surface area contributed by atoms with Crippen LogP contribution in [0.1, 0.15) is 26.3 Å². The van der Waals surface area contributed by atoms with E-state index in [0.717, 1.165) is 15.9 Å². The number of carbonyl (C=O) groups excluding carboxylic acids is 1. The standard InChI is InChI=1S/C21H27N3O6S/c1-21(2,3)30-20(25)22-17(14-16-10-6-5-7-11-16)15-23(4)31(28,29)19-13-9-8-12-18(19)24(26)27/h5-13,17H,14-15H2,1-4H3,(H,22,25). The van der Waals surface area contributed by atoms with Crippen molar-refractivity contribution in [3.05, 3.63) is 70.3 Å². The zero-order valence-electron chi connectivity index (χ0n) is 17.9. The third-order valence-corrected chi connectivity index (χ3v) is 6.14. The summed E-state index contributed by atoms with van der Waals surface area (Å²) in [7, 11) is -2.85. The first-order valence-electron chi connectivity index (χ1n) is 9.63. The van der Waals surface area contributed by atoms with E-state index in [4.69, 9.17) is 4.74 Å². The fourth-order valence-electron chi connectivity index (χ4n) is 2.94. The summed E-state index contributed by atoms with van der Waals surface area (Å²) in [6, 6.07) is 13.8. The van der Waals surface area contributed by atoms with E-state index in [2.05, 4.69) is 5.32 Å². The van der Waals surface area contributed by atoms with Crippen molar-refractivity contribution in [2.75, 3.05) is 13.6 Å². The molecule has 168 valence electrons. The highest BCUT2D eigenvalue weighted by Crippen LogP contribution is 2.25. The second-order valence-electron chi connectivity index (χ2n) is 8.04. The van der Waals surface area contributed by atoms with Crippen LogP contribution < -0.4 is 5.32 Å². The summed E-state index contributed by atoms with van der Waals surface area (Å²) < 4.78 is 32.4. The molecule has 0 aromatic heterocycles. The highest BCUT2D eigenvalue weighted by Gasteiger charge is 2.31. The van der Waals surface area contributed by atoms with Crippen molar-refractivity contribution in [3.63, 3.8) is 0 Å². The van der Waals surface area contributed by atoms with Crippen LogP contribution in [-0.2, 0) is 21.2 Å². The zero-order valence-corrected chi connectivity index (χ0v) is 18.8. The maximum atomic E-state index is 13.0. The molecule has 2 aromatic carbocycles. The fourth-order valence-corrected chi connectivity index (χ4v) is 4.31. The first kappa shape index (κ1) is 24.3. The molecule has 1 atom stereocenters. The summed E-state index contributed by atoms with van der Waals surface area (Å²) in [6.07, 6.45) is -0.332. The molecule has 0 heterocycles. The summed E-state index contributed by atoms with van der Waals surface area (Å²) in [6.45, 7) is 5.07. The summed E-state index contributed by atoms with van der Waals surface area (Å²) in [5.74, 6) is 0. The van der Waals surface area contributed by atoms with Gasteiger partial charge in [0.1, 0.15) is 5.60 Å². The fraction of sp³-hybridized carbons (Fsp3) is 0.381. The molecule has 1 N–H and O–H groups in total. The van der Waals surface area contributed by atoms with Crippen LogP contribution in [0, 0.1) is 10.1 Å². The molecule has 31 heavy (non-hydrogen) atoms. The van der Waals surface area contributed by atoms with Crippen molar-refractivity contribution in [3.8, 4) is 0 Å². The van der Waals surface area contributed by atoms with Gasteiger partial charge in [0.15, 0.2) is 4.90 Å². The predicted octanol–water partition coefficient (Wildman–Crippen LogP) is 3.35. The number of ether oxygens (including phenoxy) is 1. The van der Waals surface area contributed by atoms with Gasteiger partial charge in [0.2, 0.25) is 10.0 Å². The lowest BCUT2D eigenvalue weighted by molar-refractivity contribution is -0.387. The number of sulfonamides is 1. The Kier molecular flexibility index (Phi) is 7.75. The molecule has 9 nitrogen and oxygen atoms in total. The Morgan fingerprint density at radius 1 is 1.13 bits per heavy atom. The number of nitrogens with zero attached hydrogens (tertiary/aromatic N) is 2. The van der Waals surface area contributed by atoms with Gasteiger partial charge in [-0.1, -0.05) is 42.5 Å². The van der Waals surface area contributed by atoms with Crippen molar-refractivity contribution >= 4 is 21.8 Å². The largest absolute Gasteiger partial charge is 0.444 e. The summed E-state index contributed by atoms with van der Waals surface area (Å²) in [5.41, 5.74) is -0.335. The molecule has 0 aliphatic heterocycles. The second-order valence-corrected chi connectivity index (χ2v) is 10.1. The smallest absolute Gasteiger partial charge is 0.407 e. The molecule has 1 unspecified atom stereocenters. The van der Waals surface area contributed by atoms with E-state index in [1.54, 1.807) is 20.8 Å². The molecular weight excluding hydrogens is 422 g/mol. The topological polar surface area (TPSA) is 119 Å². The third-order valence-electron chi connectivity index (χ3n) is 4.27. The molecule has 0 bridgehead atoms.